The van der Waals surface area contributed by atoms with Gasteiger partial charge in [0, 0.05) is 12.3 Å². The van der Waals surface area contributed by atoms with Gasteiger partial charge in [-0.25, -0.2) is 8.42 Å². The Morgan fingerprint density at radius 2 is 1.83 bits per heavy atom. The second-order valence-electron chi connectivity index (χ2n) is 6.17. The minimum Gasteiger partial charge on any atom is -0.314 e. The van der Waals surface area contributed by atoms with Crippen molar-refractivity contribution in [2.45, 2.75) is 51.5 Å². The zero-order valence-electron chi connectivity index (χ0n) is 11.7. The summed E-state index contributed by atoms with van der Waals surface area (Å²) in [5.74, 6) is 2.89. The highest BCUT2D eigenvalue weighted by molar-refractivity contribution is 7.90. The summed E-state index contributed by atoms with van der Waals surface area (Å²) in [6.07, 6.45) is 8.78. The van der Waals surface area contributed by atoms with Crippen LogP contribution in [0.3, 0.4) is 0 Å². The van der Waals surface area contributed by atoms with Gasteiger partial charge in [-0.05, 0) is 50.0 Å². The Morgan fingerprint density at radius 1 is 1.22 bits per heavy atom. The molecule has 0 heterocycles. The van der Waals surface area contributed by atoms with Crippen molar-refractivity contribution in [1.82, 2.24) is 5.32 Å². The Kier molecular flexibility index (Phi) is 4.70. The maximum absolute atomic E-state index is 11.3. The fraction of sp³-hybridized carbons (Fsp3) is 1.00. The second-order valence-corrected chi connectivity index (χ2v) is 8.43. The van der Waals surface area contributed by atoms with E-state index in [1.54, 1.807) is 0 Å². The molecule has 0 aliphatic heterocycles. The summed E-state index contributed by atoms with van der Waals surface area (Å²) in [5.41, 5.74) is 0. The van der Waals surface area contributed by atoms with Crippen molar-refractivity contribution in [1.29, 1.82) is 0 Å². The molecular weight excluding hydrogens is 246 g/mol. The first-order valence-electron chi connectivity index (χ1n) is 7.44. The normalized spacial score (nSPS) is 32.9. The third-order valence-electron chi connectivity index (χ3n) is 4.64. The van der Waals surface area contributed by atoms with Gasteiger partial charge in [-0.3, -0.25) is 0 Å². The molecule has 3 atom stereocenters. The van der Waals surface area contributed by atoms with E-state index in [0.29, 0.717) is 11.8 Å². The molecule has 0 aromatic rings. The average molecular weight is 273 g/mol. The molecule has 0 spiro atoms. The molecule has 0 radical (unpaired) electrons. The fourth-order valence-electron chi connectivity index (χ4n) is 3.75. The molecule has 0 aromatic heterocycles. The van der Waals surface area contributed by atoms with E-state index in [1.807, 2.05) is 0 Å². The number of fused-ring (bicyclic) bond motifs is 1. The molecule has 0 saturated heterocycles. The van der Waals surface area contributed by atoms with Crippen LogP contribution in [0.25, 0.3) is 0 Å². The van der Waals surface area contributed by atoms with Gasteiger partial charge in [0.25, 0.3) is 0 Å². The first-order chi connectivity index (χ1) is 8.53. The van der Waals surface area contributed by atoms with Crippen molar-refractivity contribution in [2.24, 2.45) is 17.8 Å². The molecule has 18 heavy (non-hydrogen) atoms. The minimum atomic E-state index is -2.82. The number of sulfone groups is 1. The van der Waals surface area contributed by atoms with Crippen LogP contribution >= 0.6 is 0 Å². The summed E-state index contributed by atoms with van der Waals surface area (Å²) in [6, 6.07) is 0.438. The van der Waals surface area contributed by atoms with E-state index in [2.05, 4.69) is 12.2 Å². The van der Waals surface area contributed by atoms with Gasteiger partial charge in [-0.15, -0.1) is 0 Å². The van der Waals surface area contributed by atoms with Crippen LogP contribution in [0.4, 0.5) is 0 Å². The summed E-state index contributed by atoms with van der Waals surface area (Å²) in [6.45, 7) is 3.19. The fourth-order valence-corrected chi connectivity index (χ4v) is 4.43. The Balaban J connectivity index is 1.89. The van der Waals surface area contributed by atoms with Crippen LogP contribution in [0.5, 0.6) is 0 Å². The molecule has 106 valence electrons. The molecule has 0 amide bonds. The van der Waals surface area contributed by atoms with Crippen LogP contribution in [0, 0.1) is 17.8 Å². The van der Waals surface area contributed by atoms with E-state index in [-0.39, 0.29) is 0 Å². The lowest BCUT2D eigenvalue weighted by atomic mass is 10.0. The average Bonchev–Trinajstić information content (AvgIpc) is 3.02. The molecule has 3 unspecified atom stereocenters. The zero-order valence-corrected chi connectivity index (χ0v) is 12.5. The molecule has 4 heteroatoms. The lowest BCUT2D eigenvalue weighted by molar-refractivity contribution is 0.419. The molecule has 2 aliphatic carbocycles. The summed E-state index contributed by atoms with van der Waals surface area (Å²) >= 11 is 0. The molecule has 2 aliphatic rings. The van der Waals surface area contributed by atoms with Gasteiger partial charge in [-0.2, -0.15) is 0 Å². The van der Waals surface area contributed by atoms with Gasteiger partial charge in [0.05, 0.1) is 5.75 Å². The smallest absolute Gasteiger partial charge is 0.147 e. The van der Waals surface area contributed by atoms with E-state index in [1.165, 1.54) is 31.9 Å². The van der Waals surface area contributed by atoms with Gasteiger partial charge in [0.15, 0.2) is 0 Å². The van der Waals surface area contributed by atoms with Crippen molar-refractivity contribution in [3.05, 3.63) is 0 Å². The SMILES string of the molecule is CCCNC(CCS(C)(=O)=O)C1C2CCCCC21. The van der Waals surface area contributed by atoms with Gasteiger partial charge in [-0.1, -0.05) is 19.8 Å². The van der Waals surface area contributed by atoms with Crippen LogP contribution in [0.2, 0.25) is 0 Å². The first-order valence-corrected chi connectivity index (χ1v) is 9.50. The molecule has 2 saturated carbocycles. The predicted molar refractivity (Wildman–Crippen MR) is 75.3 cm³/mol. The van der Waals surface area contributed by atoms with Crippen LogP contribution < -0.4 is 5.32 Å². The van der Waals surface area contributed by atoms with Crippen LogP contribution in [0.15, 0.2) is 0 Å². The van der Waals surface area contributed by atoms with Gasteiger partial charge in [0.1, 0.15) is 9.84 Å². The van der Waals surface area contributed by atoms with Gasteiger partial charge >= 0.3 is 0 Å². The number of hydrogen-bond acceptors (Lipinski definition) is 3. The second kappa shape index (κ2) is 5.91. The number of hydrogen-bond donors (Lipinski definition) is 1. The minimum absolute atomic E-state index is 0.338. The largest absolute Gasteiger partial charge is 0.314 e. The molecule has 2 fully saturated rings. The lowest BCUT2D eigenvalue weighted by Crippen LogP contribution is -2.34. The van der Waals surface area contributed by atoms with E-state index in [0.717, 1.165) is 37.1 Å². The summed E-state index contributed by atoms with van der Waals surface area (Å²) in [5, 5.41) is 3.60. The maximum atomic E-state index is 11.3. The highest BCUT2D eigenvalue weighted by Crippen LogP contribution is 2.57. The quantitative estimate of drug-likeness (QED) is 0.773. The van der Waals surface area contributed by atoms with Crippen LogP contribution in [-0.2, 0) is 9.84 Å². The molecular formula is C14H27NO2S. The zero-order chi connectivity index (χ0) is 13.2. The van der Waals surface area contributed by atoms with Crippen LogP contribution in [-0.4, -0.2) is 33.0 Å². The third kappa shape index (κ3) is 3.70. The van der Waals surface area contributed by atoms with Gasteiger partial charge in [0.2, 0.25) is 0 Å². The molecule has 3 nitrogen and oxygen atoms in total. The summed E-state index contributed by atoms with van der Waals surface area (Å²) < 4.78 is 22.7. The van der Waals surface area contributed by atoms with E-state index >= 15 is 0 Å². The topological polar surface area (TPSA) is 46.2 Å². The highest BCUT2D eigenvalue weighted by Gasteiger charge is 2.53. The molecule has 1 N–H and O–H groups in total. The van der Waals surface area contributed by atoms with E-state index in [4.69, 9.17) is 0 Å². The number of nitrogens with one attached hydrogen (secondary N) is 1. The lowest BCUT2D eigenvalue weighted by Gasteiger charge is -2.18. The maximum Gasteiger partial charge on any atom is 0.147 e. The molecule has 2 rings (SSSR count). The van der Waals surface area contributed by atoms with Crippen molar-refractivity contribution in [2.75, 3.05) is 18.6 Å². The van der Waals surface area contributed by atoms with E-state index in [9.17, 15) is 8.42 Å². The Hall–Kier alpha value is -0.0900. The third-order valence-corrected chi connectivity index (χ3v) is 5.62. The van der Waals surface area contributed by atoms with Crippen molar-refractivity contribution >= 4 is 9.84 Å². The number of rotatable bonds is 7. The highest BCUT2D eigenvalue weighted by atomic mass is 32.2. The van der Waals surface area contributed by atoms with Crippen molar-refractivity contribution in [3.8, 4) is 0 Å². The van der Waals surface area contributed by atoms with Gasteiger partial charge < -0.3 is 5.32 Å². The van der Waals surface area contributed by atoms with Crippen molar-refractivity contribution in [3.63, 3.8) is 0 Å². The summed E-state index contributed by atoms with van der Waals surface area (Å²) in [4.78, 5) is 0. The standard InChI is InChI=1S/C14H27NO2S/c1-3-9-15-13(8-10-18(2,16)17)14-11-6-4-5-7-12(11)14/h11-15H,3-10H2,1-2H3. The Bertz CT molecular complexity index is 354. The Morgan fingerprint density at radius 3 is 2.33 bits per heavy atom. The molecule has 0 aromatic carbocycles. The van der Waals surface area contributed by atoms with Crippen LogP contribution in [0.1, 0.15) is 45.4 Å². The monoisotopic (exact) mass is 273 g/mol. The van der Waals surface area contributed by atoms with E-state index < -0.39 is 9.84 Å². The molecule has 0 bridgehead atoms. The van der Waals surface area contributed by atoms with Crippen molar-refractivity contribution < 1.29 is 8.42 Å². The predicted octanol–water partition coefficient (Wildman–Crippen LogP) is 2.23. The Labute approximate surface area is 112 Å². The summed E-state index contributed by atoms with van der Waals surface area (Å²) in [7, 11) is -2.82. The first kappa shape index (κ1) is 14.3.